The molecular weight excluding hydrogens is 261 g/mol. The van der Waals surface area contributed by atoms with Crippen molar-refractivity contribution in [2.45, 2.75) is 6.18 Å². The second-order valence-corrected chi connectivity index (χ2v) is 4.28. The Balaban J connectivity index is 1.99. The quantitative estimate of drug-likeness (QED) is 0.655. The monoisotopic (exact) mass is 270 g/mol. The van der Waals surface area contributed by atoms with E-state index in [9.17, 15) is 13.2 Å². The van der Waals surface area contributed by atoms with Crippen LogP contribution in [0.25, 0.3) is 0 Å². The molecule has 94 valence electrons. The topological polar surface area (TPSA) is 24.4 Å². The molecule has 0 fully saturated rings. The highest BCUT2D eigenvalue weighted by molar-refractivity contribution is 7.08. The van der Waals surface area contributed by atoms with Gasteiger partial charge in [-0.2, -0.15) is 29.6 Å². The third-order valence-corrected chi connectivity index (χ3v) is 2.86. The standard InChI is InChI=1S/C12H9F3N2S/c13-12(14,15)10-1-3-11(4-2-10)17-16-7-9-5-6-18-8-9/h1-8,17H/b16-7-. The van der Waals surface area contributed by atoms with Crippen LogP contribution in [0.15, 0.2) is 46.2 Å². The van der Waals surface area contributed by atoms with Crippen LogP contribution in [0.2, 0.25) is 0 Å². The van der Waals surface area contributed by atoms with Gasteiger partial charge in [0.15, 0.2) is 0 Å². The number of nitrogens with zero attached hydrogens (tertiary/aromatic N) is 1. The maximum absolute atomic E-state index is 12.3. The molecule has 0 radical (unpaired) electrons. The molecule has 6 heteroatoms. The number of hydrogen-bond acceptors (Lipinski definition) is 3. The second-order valence-electron chi connectivity index (χ2n) is 3.50. The molecule has 0 saturated carbocycles. The molecule has 1 N–H and O–H groups in total. The number of rotatable bonds is 3. The summed E-state index contributed by atoms with van der Waals surface area (Å²) in [6, 6.07) is 6.61. The molecule has 0 spiro atoms. The van der Waals surface area contributed by atoms with Crippen LogP contribution in [0.3, 0.4) is 0 Å². The van der Waals surface area contributed by atoms with E-state index in [4.69, 9.17) is 0 Å². The first kappa shape index (κ1) is 12.6. The van der Waals surface area contributed by atoms with E-state index in [2.05, 4.69) is 10.5 Å². The van der Waals surface area contributed by atoms with Crippen molar-refractivity contribution in [2.24, 2.45) is 5.10 Å². The fourth-order valence-corrected chi connectivity index (χ4v) is 1.87. The highest BCUT2D eigenvalue weighted by atomic mass is 32.1. The molecule has 18 heavy (non-hydrogen) atoms. The van der Waals surface area contributed by atoms with Crippen LogP contribution in [-0.4, -0.2) is 6.21 Å². The number of hydrazone groups is 1. The predicted molar refractivity (Wildman–Crippen MR) is 67.0 cm³/mol. The van der Waals surface area contributed by atoms with E-state index in [0.29, 0.717) is 5.69 Å². The van der Waals surface area contributed by atoms with Gasteiger partial charge in [0, 0.05) is 5.56 Å². The largest absolute Gasteiger partial charge is 0.416 e. The molecule has 0 amide bonds. The summed E-state index contributed by atoms with van der Waals surface area (Å²) in [7, 11) is 0. The van der Waals surface area contributed by atoms with Gasteiger partial charge in [0.2, 0.25) is 0 Å². The van der Waals surface area contributed by atoms with Crippen molar-refractivity contribution in [3.05, 3.63) is 52.2 Å². The average molecular weight is 270 g/mol. The van der Waals surface area contributed by atoms with Crippen molar-refractivity contribution >= 4 is 23.2 Å². The molecule has 0 saturated heterocycles. The number of hydrogen-bond donors (Lipinski definition) is 1. The number of anilines is 1. The Kier molecular flexibility index (Phi) is 3.66. The van der Waals surface area contributed by atoms with Gasteiger partial charge in [0.05, 0.1) is 17.5 Å². The first-order chi connectivity index (χ1) is 8.55. The molecule has 1 aromatic heterocycles. The molecule has 0 aliphatic heterocycles. The van der Waals surface area contributed by atoms with Gasteiger partial charge in [0.25, 0.3) is 0 Å². The van der Waals surface area contributed by atoms with E-state index >= 15 is 0 Å². The van der Waals surface area contributed by atoms with Crippen molar-refractivity contribution in [3.63, 3.8) is 0 Å². The fourth-order valence-electron chi connectivity index (χ4n) is 1.26. The minimum absolute atomic E-state index is 0.509. The lowest BCUT2D eigenvalue weighted by Gasteiger charge is -2.06. The molecule has 1 heterocycles. The van der Waals surface area contributed by atoms with Gasteiger partial charge in [-0.05, 0) is 41.1 Å². The van der Waals surface area contributed by atoms with E-state index in [1.54, 1.807) is 17.6 Å². The Morgan fingerprint density at radius 3 is 2.39 bits per heavy atom. The second kappa shape index (κ2) is 5.22. The third kappa shape index (κ3) is 3.33. The zero-order valence-electron chi connectivity index (χ0n) is 9.11. The van der Waals surface area contributed by atoms with E-state index in [-0.39, 0.29) is 0 Å². The van der Waals surface area contributed by atoms with Gasteiger partial charge in [0.1, 0.15) is 0 Å². The van der Waals surface area contributed by atoms with Gasteiger partial charge < -0.3 is 0 Å². The van der Waals surface area contributed by atoms with Crippen LogP contribution in [-0.2, 0) is 6.18 Å². The van der Waals surface area contributed by atoms with Gasteiger partial charge >= 0.3 is 6.18 Å². The maximum Gasteiger partial charge on any atom is 0.416 e. The van der Waals surface area contributed by atoms with Crippen LogP contribution in [0.5, 0.6) is 0 Å². The molecule has 0 atom stereocenters. The highest BCUT2D eigenvalue weighted by Crippen LogP contribution is 2.29. The number of alkyl halides is 3. The summed E-state index contributed by atoms with van der Waals surface area (Å²) in [5, 5.41) is 7.76. The first-order valence-corrected chi connectivity index (χ1v) is 5.98. The maximum atomic E-state index is 12.3. The van der Waals surface area contributed by atoms with Crippen LogP contribution in [0.4, 0.5) is 18.9 Å². The molecule has 2 rings (SSSR count). The Morgan fingerprint density at radius 2 is 1.83 bits per heavy atom. The molecule has 2 aromatic rings. The number of halogens is 3. The van der Waals surface area contributed by atoms with E-state index in [0.717, 1.165) is 17.7 Å². The van der Waals surface area contributed by atoms with Gasteiger partial charge in [-0.3, -0.25) is 5.43 Å². The fraction of sp³-hybridized carbons (Fsp3) is 0.0833. The minimum atomic E-state index is -4.31. The molecule has 0 aliphatic rings. The lowest BCUT2D eigenvalue weighted by Crippen LogP contribution is -2.04. The Hall–Kier alpha value is -1.82. The van der Waals surface area contributed by atoms with Crippen LogP contribution in [0, 0.1) is 0 Å². The van der Waals surface area contributed by atoms with Crippen molar-refractivity contribution in [1.29, 1.82) is 0 Å². The smallest absolute Gasteiger partial charge is 0.279 e. The van der Waals surface area contributed by atoms with E-state index in [1.165, 1.54) is 12.1 Å². The van der Waals surface area contributed by atoms with Crippen molar-refractivity contribution in [3.8, 4) is 0 Å². The normalized spacial score (nSPS) is 11.9. The Labute approximate surface area is 106 Å². The van der Waals surface area contributed by atoms with E-state index in [1.807, 2.05) is 16.8 Å². The Morgan fingerprint density at radius 1 is 1.11 bits per heavy atom. The molecule has 0 aliphatic carbocycles. The summed E-state index contributed by atoms with van der Waals surface area (Å²) >= 11 is 1.55. The predicted octanol–water partition coefficient (Wildman–Crippen LogP) is 4.21. The average Bonchev–Trinajstić information content (AvgIpc) is 2.82. The molecule has 1 aromatic carbocycles. The molecule has 0 unspecified atom stereocenters. The third-order valence-electron chi connectivity index (χ3n) is 2.16. The molecule has 2 nitrogen and oxygen atoms in total. The first-order valence-electron chi connectivity index (χ1n) is 5.04. The van der Waals surface area contributed by atoms with Crippen molar-refractivity contribution in [2.75, 3.05) is 5.43 Å². The molecule has 0 bridgehead atoms. The number of thiophene rings is 1. The van der Waals surface area contributed by atoms with Gasteiger partial charge in [-0.15, -0.1) is 0 Å². The minimum Gasteiger partial charge on any atom is -0.279 e. The lowest BCUT2D eigenvalue weighted by atomic mass is 10.2. The van der Waals surface area contributed by atoms with Crippen molar-refractivity contribution in [1.82, 2.24) is 0 Å². The van der Waals surface area contributed by atoms with Gasteiger partial charge in [-0.25, -0.2) is 0 Å². The Bertz CT molecular complexity index is 515. The summed E-state index contributed by atoms with van der Waals surface area (Å²) in [4.78, 5) is 0. The van der Waals surface area contributed by atoms with Crippen LogP contribution >= 0.6 is 11.3 Å². The van der Waals surface area contributed by atoms with Crippen LogP contribution < -0.4 is 5.43 Å². The van der Waals surface area contributed by atoms with Crippen molar-refractivity contribution < 1.29 is 13.2 Å². The lowest BCUT2D eigenvalue weighted by molar-refractivity contribution is -0.137. The number of nitrogens with one attached hydrogen (secondary N) is 1. The summed E-state index contributed by atoms with van der Waals surface area (Å²) in [6.45, 7) is 0. The number of benzene rings is 1. The van der Waals surface area contributed by atoms with E-state index < -0.39 is 11.7 Å². The van der Waals surface area contributed by atoms with Crippen LogP contribution in [0.1, 0.15) is 11.1 Å². The molecular formula is C12H9F3N2S. The SMILES string of the molecule is FC(F)(F)c1ccc(N/N=C\c2ccsc2)cc1. The van der Waals surface area contributed by atoms with Gasteiger partial charge in [-0.1, -0.05) is 0 Å². The summed E-state index contributed by atoms with van der Waals surface area (Å²) in [5.41, 5.74) is 3.45. The zero-order valence-corrected chi connectivity index (χ0v) is 9.92. The summed E-state index contributed by atoms with van der Waals surface area (Å²) < 4.78 is 36.9. The summed E-state index contributed by atoms with van der Waals surface area (Å²) in [5.74, 6) is 0. The summed E-state index contributed by atoms with van der Waals surface area (Å²) in [6.07, 6.45) is -2.70. The highest BCUT2D eigenvalue weighted by Gasteiger charge is 2.29. The zero-order chi connectivity index (χ0) is 13.0.